The number of ether oxygens (including phenoxy) is 1. The van der Waals surface area contributed by atoms with Gasteiger partial charge in [0.25, 0.3) is 0 Å². The van der Waals surface area contributed by atoms with E-state index < -0.39 is 5.97 Å². The summed E-state index contributed by atoms with van der Waals surface area (Å²) in [4.78, 5) is 36.1. The van der Waals surface area contributed by atoms with E-state index in [0.29, 0.717) is 33.8 Å². The molecule has 0 aliphatic heterocycles. The van der Waals surface area contributed by atoms with Crippen molar-refractivity contribution < 1.29 is 19.1 Å². The molecule has 2 amide bonds. The first-order valence-electron chi connectivity index (χ1n) is 10.8. The van der Waals surface area contributed by atoms with Crippen LogP contribution in [0.5, 0.6) is 0 Å². The summed E-state index contributed by atoms with van der Waals surface area (Å²) in [7, 11) is 1.30. The zero-order valence-electron chi connectivity index (χ0n) is 19.4. The number of carbonyl (C=O) groups excluding carboxylic acids is 3. The van der Waals surface area contributed by atoms with Gasteiger partial charge in [0, 0.05) is 23.3 Å². The minimum Gasteiger partial charge on any atom is -0.465 e. The minimum absolute atomic E-state index is 0.0843. The summed E-state index contributed by atoms with van der Waals surface area (Å²) in [5.41, 5.74) is 1.68. The number of nitrogens with one attached hydrogen (secondary N) is 2. The molecule has 0 saturated carbocycles. The molecule has 11 heteroatoms. The van der Waals surface area contributed by atoms with Gasteiger partial charge in [-0.15, -0.1) is 16.8 Å². The molecule has 0 aliphatic rings. The normalized spacial score (nSPS) is 10.7. The molecule has 9 nitrogen and oxygen atoms in total. The Kier molecular flexibility index (Phi) is 9.84. The number of aromatic nitrogens is 3. The Balaban J connectivity index is 1.55. The molecular weight excluding hydrogens is 502 g/mol. The lowest BCUT2D eigenvalue weighted by Gasteiger charge is -2.09. The van der Waals surface area contributed by atoms with Gasteiger partial charge in [-0.25, -0.2) is 4.79 Å². The van der Waals surface area contributed by atoms with Crippen molar-refractivity contribution in [2.75, 3.05) is 18.2 Å². The smallest absolute Gasteiger partial charge is 0.337 e. The number of hydrogen-bond acceptors (Lipinski definition) is 7. The molecule has 0 spiro atoms. The zero-order chi connectivity index (χ0) is 25.9. The highest BCUT2D eigenvalue weighted by atomic mass is 35.5. The van der Waals surface area contributed by atoms with E-state index in [2.05, 4.69) is 32.1 Å². The quantitative estimate of drug-likeness (QED) is 0.168. The summed E-state index contributed by atoms with van der Waals surface area (Å²) in [5, 5.41) is 14.9. The molecule has 0 saturated heterocycles. The van der Waals surface area contributed by atoms with Crippen LogP contribution in [0.1, 0.15) is 21.7 Å². The van der Waals surface area contributed by atoms with Gasteiger partial charge in [0.15, 0.2) is 11.0 Å². The molecule has 0 radical (unpaired) electrons. The maximum Gasteiger partial charge on any atom is 0.337 e. The van der Waals surface area contributed by atoms with Crippen LogP contribution in [0, 0.1) is 0 Å². The fourth-order valence-electron chi connectivity index (χ4n) is 3.00. The topological polar surface area (TPSA) is 115 Å². The van der Waals surface area contributed by atoms with Crippen molar-refractivity contribution in [2.24, 2.45) is 0 Å². The van der Waals surface area contributed by atoms with Crippen molar-refractivity contribution >= 4 is 52.9 Å². The SMILES string of the molecule is C=CCn1c(CNC(=O)/C=C/c2ccccc2Cl)nnc1SCC(=O)Nc1ccc(C(=O)OC)cc1. The van der Waals surface area contributed by atoms with Gasteiger partial charge in [-0.2, -0.15) is 0 Å². The van der Waals surface area contributed by atoms with Gasteiger partial charge >= 0.3 is 5.97 Å². The van der Waals surface area contributed by atoms with E-state index in [1.54, 1.807) is 47.1 Å². The molecule has 186 valence electrons. The van der Waals surface area contributed by atoms with Crippen LogP contribution in [0.3, 0.4) is 0 Å². The predicted molar refractivity (Wildman–Crippen MR) is 140 cm³/mol. The predicted octanol–water partition coefficient (Wildman–Crippen LogP) is 3.96. The fourth-order valence-corrected chi connectivity index (χ4v) is 3.97. The summed E-state index contributed by atoms with van der Waals surface area (Å²) in [6.07, 6.45) is 4.71. The van der Waals surface area contributed by atoms with Gasteiger partial charge in [-0.05, 0) is 42.0 Å². The number of benzene rings is 2. The monoisotopic (exact) mass is 525 g/mol. The molecule has 0 fully saturated rings. The van der Waals surface area contributed by atoms with E-state index in [1.807, 2.05) is 18.2 Å². The average Bonchev–Trinajstić information content (AvgIpc) is 3.27. The summed E-state index contributed by atoms with van der Waals surface area (Å²) < 4.78 is 6.43. The first-order chi connectivity index (χ1) is 17.4. The van der Waals surface area contributed by atoms with Crippen molar-refractivity contribution in [3.8, 4) is 0 Å². The molecule has 2 aromatic carbocycles. The average molecular weight is 526 g/mol. The lowest BCUT2D eigenvalue weighted by atomic mass is 10.2. The van der Waals surface area contributed by atoms with Crippen LogP contribution in [0.2, 0.25) is 5.02 Å². The van der Waals surface area contributed by atoms with Crippen LogP contribution >= 0.6 is 23.4 Å². The third kappa shape index (κ3) is 7.56. The van der Waals surface area contributed by atoms with Crippen LogP contribution in [0.25, 0.3) is 6.08 Å². The third-order valence-corrected chi connectivity index (χ3v) is 6.08. The number of anilines is 1. The zero-order valence-corrected chi connectivity index (χ0v) is 21.0. The van der Waals surface area contributed by atoms with E-state index in [4.69, 9.17) is 11.6 Å². The Hall–Kier alpha value is -3.89. The Morgan fingerprint density at radius 3 is 2.58 bits per heavy atom. The Labute approximate surface area is 217 Å². The molecule has 1 aromatic heterocycles. The van der Waals surface area contributed by atoms with E-state index in [1.165, 1.54) is 24.9 Å². The number of nitrogens with zero attached hydrogens (tertiary/aromatic N) is 3. The van der Waals surface area contributed by atoms with E-state index in [9.17, 15) is 14.4 Å². The van der Waals surface area contributed by atoms with Gasteiger partial charge in [-0.3, -0.25) is 9.59 Å². The van der Waals surface area contributed by atoms with Crippen LogP contribution in [0.4, 0.5) is 5.69 Å². The molecule has 3 aromatic rings. The lowest BCUT2D eigenvalue weighted by molar-refractivity contribution is -0.116. The van der Waals surface area contributed by atoms with E-state index in [0.717, 1.165) is 5.56 Å². The van der Waals surface area contributed by atoms with Crippen LogP contribution in [0.15, 0.2) is 72.4 Å². The van der Waals surface area contributed by atoms with Crippen molar-refractivity contribution in [1.82, 2.24) is 20.1 Å². The number of esters is 1. The lowest BCUT2D eigenvalue weighted by Crippen LogP contribution is -2.23. The third-order valence-electron chi connectivity index (χ3n) is 4.77. The second-order valence-corrected chi connectivity index (χ2v) is 8.63. The van der Waals surface area contributed by atoms with E-state index >= 15 is 0 Å². The summed E-state index contributed by atoms with van der Waals surface area (Å²) in [5.74, 6) is -0.404. The molecule has 0 bridgehead atoms. The fraction of sp³-hybridized carbons (Fsp3) is 0.160. The summed E-state index contributed by atoms with van der Waals surface area (Å²) in [6.45, 7) is 4.31. The number of rotatable bonds is 11. The number of allylic oxidation sites excluding steroid dienone is 1. The molecule has 36 heavy (non-hydrogen) atoms. The van der Waals surface area contributed by atoms with E-state index in [-0.39, 0.29) is 24.1 Å². The summed E-state index contributed by atoms with van der Waals surface area (Å²) in [6, 6.07) is 13.6. The van der Waals surface area contributed by atoms with Gasteiger partial charge in [0.05, 0.1) is 25.0 Å². The van der Waals surface area contributed by atoms with Gasteiger partial charge in [0.1, 0.15) is 0 Å². The Morgan fingerprint density at radius 2 is 1.89 bits per heavy atom. The molecular formula is C25H24ClN5O4S. The number of amides is 2. The summed E-state index contributed by atoms with van der Waals surface area (Å²) >= 11 is 7.30. The first-order valence-corrected chi connectivity index (χ1v) is 12.1. The Bertz CT molecular complexity index is 1270. The Morgan fingerprint density at radius 1 is 1.14 bits per heavy atom. The maximum absolute atomic E-state index is 12.4. The largest absolute Gasteiger partial charge is 0.465 e. The van der Waals surface area contributed by atoms with Crippen molar-refractivity contribution in [1.29, 1.82) is 0 Å². The number of methoxy groups -OCH3 is 1. The number of hydrogen-bond donors (Lipinski definition) is 2. The van der Waals surface area contributed by atoms with Crippen molar-refractivity contribution in [3.05, 3.63) is 89.2 Å². The number of halogens is 1. The van der Waals surface area contributed by atoms with Gasteiger partial charge in [0.2, 0.25) is 11.8 Å². The maximum atomic E-state index is 12.4. The molecule has 0 aliphatic carbocycles. The van der Waals surface area contributed by atoms with Crippen LogP contribution in [-0.2, 0) is 27.4 Å². The standard InChI is InChI=1S/C25H24ClN5O4S/c1-3-14-31-21(15-27-22(32)13-10-17-6-4-5-7-20(17)26)29-30-25(31)36-16-23(33)28-19-11-8-18(9-12-19)24(34)35-2/h3-13H,1,14-16H2,2H3,(H,27,32)(H,28,33)/b13-10+. The molecule has 0 unspecified atom stereocenters. The van der Waals surface area contributed by atoms with Crippen molar-refractivity contribution in [2.45, 2.75) is 18.2 Å². The number of carbonyl (C=O) groups is 3. The van der Waals surface area contributed by atoms with Gasteiger partial charge < -0.3 is 19.9 Å². The molecule has 3 rings (SSSR count). The highest BCUT2D eigenvalue weighted by Crippen LogP contribution is 2.19. The van der Waals surface area contributed by atoms with Crippen molar-refractivity contribution in [3.63, 3.8) is 0 Å². The molecule has 2 N–H and O–H groups in total. The van der Waals surface area contributed by atoms with Gasteiger partial charge in [-0.1, -0.05) is 47.6 Å². The highest BCUT2D eigenvalue weighted by molar-refractivity contribution is 7.99. The second kappa shape index (κ2) is 13.3. The number of thioether (sulfide) groups is 1. The van der Waals surface area contributed by atoms with Crippen LogP contribution < -0.4 is 10.6 Å². The van der Waals surface area contributed by atoms with Crippen LogP contribution in [-0.4, -0.2) is 45.4 Å². The molecule has 1 heterocycles. The highest BCUT2D eigenvalue weighted by Gasteiger charge is 2.14. The second-order valence-electron chi connectivity index (χ2n) is 7.28. The first kappa shape index (κ1) is 26.7. The minimum atomic E-state index is -0.450. The molecule has 0 atom stereocenters.